The Labute approximate surface area is 134 Å². The number of aliphatic carboxylic acids is 1. The molecule has 1 aromatic carbocycles. The van der Waals surface area contributed by atoms with Gasteiger partial charge >= 0.3 is 5.97 Å². The van der Waals surface area contributed by atoms with E-state index in [1.807, 2.05) is 6.07 Å². The van der Waals surface area contributed by atoms with Crippen LogP contribution in [-0.4, -0.2) is 36.1 Å². The first kappa shape index (κ1) is 18.3. The van der Waals surface area contributed by atoms with E-state index in [0.29, 0.717) is 12.2 Å². The van der Waals surface area contributed by atoms with E-state index in [1.54, 1.807) is 18.2 Å². The molecule has 122 valence electrons. The summed E-state index contributed by atoms with van der Waals surface area (Å²) in [6.07, 6.45) is -3.35. The predicted octanol–water partition coefficient (Wildman–Crippen LogP) is 2.83. The lowest BCUT2D eigenvalue weighted by Crippen LogP contribution is -2.42. The minimum absolute atomic E-state index is 0.00101. The lowest BCUT2D eigenvalue weighted by atomic mass is 10.2. The number of amides is 1. The van der Waals surface area contributed by atoms with Gasteiger partial charge in [0.15, 0.2) is 0 Å². The van der Waals surface area contributed by atoms with Crippen molar-refractivity contribution in [3.8, 4) is 5.75 Å². The Balaban J connectivity index is 2.29. The number of nitrogens with one attached hydrogen (secondary N) is 1. The maximum atomic E-state index is 12.2. The van der Waals surface area contributed by atoms with Crippen molar-refractivity contribution in [1.29, 1.82) is 0 Å². The van der Waals surface area contributed by atoms with Crippen LogP contribution in [-0.2, 0) is 9.59 Å². The Bertz CT molecular complexity index is 513. The Kier molecular flexibility index (Phi) is 7.79. The number of ether oxygens (including phenoxy) is 1. The van der Waals surface area contributed by atoms with Gasteiger partial charge in [0, 0.05) is 17.3 Å². The number of carbonyl (C=O) groups excluding carboxylic acids is 1. The molecule has 1 aromatic rings. The zero-order valence-electron chi connectivity index (χ0n) is 11.6. The second-order valence-corrected chi connectivity index (χ2v) is 5.41. The summed E-state index contributed by atoms with van der Waals surface area (Å²) in [5.74, 6) is -1.43. The lowest BCUT2D eigenvalue weighted by molar-refractivity contribution is -0.143. The minimum Gasteiger partial charge on any atom is -0.494 e. The van der Waals surface area contributed by atoms with E-state index in [4.69, 9.17) is 9.84 Å². The molecule has 0 heterocycles. The summed E-state index contributed by atoms with van der Waals surface area (Å²) in [4.78, 5) is 22.3. The van der Waals surface area contributed by atoms with E-state index < -0.39 is 30.8 Å². The maximum Gasteiger partial charge on any atom is 0.326 e. The molecule has 8 heteroatoms. The largest absolute Gasteiger partial charge is 0.494 e. The SMILES string of the molecule is O=C(CCCOc1cccc(Br)c1)NC(CC(F)F)C(=O)O. The smallest absolute Gasteiger partial charge is 0.326 e. The van der Waals surface area contributed by atoms with Gasteiger partial charge in [0.2, 0.25) is 12.3 Å². The number of carboxylic acids is 1. The highest BCUT2D eigenvalue weighted by Crippen LogP contribution is 2.17. The van der Waals surface area contributed by atoms with Crippen LogP contribution in [0.1, 0.15) is 19.3 Å². The Morgan fingerprint density at radius 1 is 1.36 bits per heavy atom. The average molecular weight is 380 g/mol. The zero-order chi connectivity index (χ0) is 16.5. The molecule has 1 amide bonds. The summed E-state index contributed by atoms with van der Waals surface area (Å²) in [5.41, 5.74) is 0. The van der Waals surface area contributed by atoms with Gasteiger partial charge in [0.25, 0.3) is 0 Å². The molecule has 0 saturated carbocycles. The van der Waals surface area contributed by atoms with Gasteiger partial charge in [0.05, 0.1) is 6.61 Å². The molecule has 0 fully saturated rings. The van der Waals surface area contributed by atoms with Gasteiger partial charge in [-0.05, 0) is 24.6 Å². The van der Waals surface area contributed by atoms with E-state index in [-0.39, 0.29) is 13.0 Å². The number of hydrogen-bond acceptors (Lipinski definition) is 3. The molecule has 0 radical (unpaired) electrons. The number of hydrogen-bond donors (Lipinski definition) is 2. The normalized spacial score (nSPS) is 12.0. The second-order valence-electron chi connectivity index (χ2n) is 4.49. The van der Waals surface area contributed by atoms with E-state index in [0.717, 1.165) is 4.47 Å². The third kappa shape index (κ3) is 7.35. The van der Waals surface area contributed by atoms with Gasteiger partial charge in [0.1, 0.15) is 11.8 Å². The number of benzene rings is 1. The molecule has 0 saturated heterocycles. The number of halogens is 3. The van der Waals surface area contributed by atoms with E-state index >= 15 is 0 Å². The maximum absolute atomic E-state index is 12.2. The molecule has 0 aliphatic carbocycles. The van der Waals surface area contributed by atoms with Crippen molar-refractivity contribution in [2.45, 2.75) is 31.7 Å². The first-order valence-corrected chi connectivity index (χ1v) is 7.36. The summed E-state index contributed by atoms with van der Waals surface area (Å²) in [6, 6.07) is 5.60. The Morgan fingerprint density at radius 3 is 2.68 bits per heavy atom. The molecule has 5 nitrogen and oxygen atoms in total. The molecule has 0 aliphatic heterocycles. The molecule has 22 heavy (non-hydrogen) atoms. The van der Waals surface area contributed by atoms with Crippen molar-refractivity contribution >= 4 is 27.8 Å². The standard InChI is InChI=1S/C14H16BrF2NO4/c15-9-3-1-4-10(7-9)22-6-2-5-13(19)18-11(14(20)21)8-12(16)17/h1,3-4,7,11-12H,2,5-6,8H2,(H,18,19)(H,20,21). The van der Waals surface area contributed by atoms with Crippen molar-refractivity contribution in [2.24, 2.45) is 0 Å². The number of carboxylic acid groups (broad SMARTS) is 1. The van der Waals surface area contributed by atoms with Crippen LogP contribution in [0.2, 0.25) is 0 Å². The molecular weight excluding hydrogens is 364 g/mol. The van der Waals surface area contributed by atoms with Crippen molar-refractivity contribution < 1.29 is 28.2 Å². The van der Waals surface area contributed by atoms with Crippen molar-refractivity contribution in [3.63, 3.8) is 0 Å². The summed E-state index contributed by atoms with van der Waals surface area (Å²) in [6.45, 7) is 0.260. The second kappa shape index (κ2) is 9.34. The average Bonchev–Trinajstić information content (AvgIpc) is 2.42. The molecular formula is C14H16BrF2NO4. The molecule has 1 atom stereocenters. The molecule has 0 bridgehead atoms. The highest BCUT2D eigenvalue weighted by molar-refractivity contribution is 9.10. The Morgan fingerprint density at radius 2 is 2.09 bits per heavy atom. The van der Waals surface area contributed by atoms with E-state index in [1.165, 1.54) is 0 Å². The third-order valence-corrected chi connectivity index (χ3v) is 3.15. The highest BCUT2D eigenvalue weighted by Gasteiger charge is 2.23. The van der Waals surface area contributed by atoms with Gasteiger partial charge in [-0.15, -0.1) is 0 Å². The lowest BCUT2D eigenvalue weighted by Gasteiger charge is -2.14. The van der Waals surface area contributed by atoms with Crippen LogP contribution in [0, 0.1) is 0 Å². The van der Waals surface area contributed by atoms with Crippen LogP contribution in [0.4, 0.5) is 8.78 Å². The monoisotopic (exact) mass is 379 g/mol. The van der Waals surface area contributed by atoms with E-state index in [2.05, 4.69) is 21.2 Å². The third-order valence-electron chi connectivity index (χ3n) is 2.66. The molecule has 1 rings (SSSR count). The number of carbonyl (C=O) groups is 2. The zero-order valence-corrected chi connectivity index (χ0v) is 13.2. The van der Waals surface area contributed by atoms with Gasteiger partial charge in [-0.2, -0.15) is 0 Å². The highest BCUT2D eigenvalue weighted by atomic mass is 79.9. The van der Waals surface area contributed by atoms with Gasteiger partial charge in [-0.3, -0.25) is 4.79 Å². The Hall–Kier alpha value is -1.70. The fourth-order valence-electron chi connectivity index (χ4n) is 1.65. The molecule has 2 N–H and O–H groups in total. The van der Waals surface area contributed by atoms with Crippen LogP contribution >= 0.6 is 15.9 Å². The topological polar surface area (TPSA) is 75.6 Å². The first-order valence-electron chi connectivity index (χ1n) is 6.57. The van der Waals surface area contributed by atoms with Crippen LogP contribution in [0.5, 0.6) is 5.75 Å². The first-order chi connectivity index (χ1) is 10.4. The molecule has 0 spiro atoms. The van der Waals surface area contributed by atoms with Crippen molar-refractivity contribution in [3.05, 3.63) is 28.7 Å². The van der Waals surface area contributed by atoms with E-state index in [9.17, 15) is 18.4 Å². The van der Waals surface area contributed by atoms with Crippen LogP contribution in [0.25, 0.3) is 0 Å². The molecule has 1 unspecified atom stereocenters. The summed E-state index contributed by atoms with van der Waals surface area (Å²) in [5, 5.41) is 10.8. The van der Waals surface area contributed by atoms with Crippen molar-refractivity contribution in [2.75, 3.05) is 6.61 Å². The molecule has 0 aliphatic rings. The molecule has 0 aromatic heterocycles. The van der Waals surface area contributed by atoms with Gasteiger partial charge < -0.3 is 15.2 Å². The fourth-order valence-corrected chi connectivity index (χ4v) is 2.02. The quantitative estimate of drug-likeness (QED) is 0.646. The fraction of sp³-hybridized carbons (Fsp3) is 0.429. The van der Waals surface area contributed by atoms with Crippen LogP contribution < -0.4 is 10.1 Å². The minimum atomic E-state index is -2.79. The summed E-state index contributed by atoms with van der Waals surface area (Å²) in [7, 11) is 0. The van der Waals surface area contributed by atoms with Crippen molar-refractivity contribution in [1.82, 2.24) is 5.32 Å². The summed E-state index contributed by atoms with van der Waals surface area (Å²) < 4.78 is 30.6. The van der Waals surface area contributed by atoms with Crippen LogP contribution in [0.3, 0.4) is 0 Å². The number of alkyl halides is 2. The summed E-state index contributed by atoms with van der Waals surface area (Å²) >= 11 is 3.29. The van der Waals surface area contributed by atoms with Gasteiger partial charge in [-0.25, -0.2) is 13.6 Å². The predicted molar refractivity (Wildman–Crippen MR) is 79.1 cm³/mol. The van der Waals surface area contributed by atoms with Crippen LogP contribution in [0.15, 0.2) is 28.7 Å². The van der Waals surface area contributed by atoms with Gasteiger partial charge in [-0.1, -0.05) is 22.0 Å². The number of rotatable bonds is 9.